The Labute approximate surface area is 74.2 Å². The molecule has 0 aliphatic carbocycles. The molecule has 0 saturated carbocycles. The third kappa shape index (κ3) is 1.42. The molecule has 3 fully saturated rings. The van der Waals surface area contributed by atoms with E-state index in [1.165, 1.54) is 50.3 Å². The molecule has 0 aromatic heterocycles. The topological polar surface area (TPSA) is 3.24 Å². The first-order chi connectivity index (χ1) is 5.35. The minimum atomic E-state index is 0.944. The summed E-state index contributed by atoms with van der Waals surface area (Å²) in [6.45, 7) is 9.26. The van der Waals surface area contributed by atoms with Gasteiger partial charge in [-0.3, -0.25) is 4.90 Å². The molecular formula is C8H16N2S+. The molecule has 0 N–H and O–H groups in total. The van der Waals surface area contributed by atoms with Gasteiger partial charge in [-0.25, -0.2) is 0 Å². The first-order valence-electron chi connectivity index (χ1n) is 4.50. The van der Waals surface area contributed by atoms with E-state index in [2.05, 4.69) is 4.90 Å². The minimum Gasteiger partial charge on any atom is -0.320 e. The predicted molar refractivity (Wildman–Crippen MR) is 48.6 cm³/mol. The number of fused-ring (bicyclic) bond motifs is 3. The van der Waals surface area contributed by atoms with Crippen molar-refractivity contribution in [1.29, 1.82) is 0 Å². The molecule has 3 aliphatic heterocycles. The average Bonchev–Trinajstić information content (AvgIpc) is 2.07. The highest BCUT2D eigenvalue weighted by molar-refractivity contribution is 7.80. The molecule has 0 aromatic carbocycles. The molecule has 11 heavy (non-hydrogen) atoms. The second-order valence-electron chi connectivity index (χ2n) is 3.78. The Morgan fingerprint density at radius 1 is 1.09 bits per heavy atom. The van der Waals surface area contributed by atoms with Crippen molar-refractivity contribution in [3.63, 3.8) is 0 Å². The SMILES string of the molecule is [S]CC[N+]12CCN(CC1)CC2. The summed E-state index contributed by atoms with van der Waals surface area (Å²) in [5, 5.41) is 0. The van der Waals surface area contributed by atoms with E-state index in [0.717, 1.165) is 5.75 Å². The molecule has 63 valence electrons. The highest BCUT2D eigenvalue weighted by Crippen LogP contribution is 2.18. The molecule has 0 atom stereocenters. The van der Waals surface area contributed by atoms with E-state index >= 15 is 0 Å². The molecule has 0 amide bonds. The minimum absolute atomic E-state index is 0.944. The maximum absolute atomic E-state index is 5.06. The summed E-state index contributed by atoms with van der Waals surface area (Å²) in [5.74, 6) is 0.944. The van der Waals surface area contributed by atoms with E-state index in [1.807, 2.05) is 0 Å². The lowest BCUT2D eigenvalue weighted by molar-refractivity contribution is -0.938. The summed E-state index contributed by atoms with van der Waals surface area (Å²) in [6, 6.07) is 0. The molecular weight excluding hydrogens is 156 g/mol. The third-order valence-corrected chi connectivity index (χ3v) is 3.42. The lowest BCUT2D eigenvalue weighted by atomic mass is 10.1. The van der Waals surface area contributed by atoms with Crippen LogP contribution in [0.15, 0.2) is 0 Å². The van der Waals surface area contributed by atoms with Crippen LogP contribution in [0.25, 0.3) is 0 Å². The van der Waals surface area contributed by atoms with E-state index in [9.17, 15) is 0 Å². The fraction of sp³-hybridized carbons (Fsp3) is 1.00. The maximum Gasteiger partial charge on any atom is 0.0916 e. The zero-order valence-corrected chi connectivity index (χ0v) is 7.78. The smallest absolute Gasteiger partial charge is 0.0916 e. The van der Waals surface area contributed by atoms with Gasteiger partial charge >= 0.3 is 0 Å². The molecule has 3 saturated heterocycles. The van der Waals surface area contributed by atoms with Crippen molar-refractivity contribution < 1.29 is 4.48 Å². The maximum atomic E-state index is 5.06. The number of rotatable bonds is 2. The number of piperazine rings is 3. The Kier molecular flexibility index (Phi) is 2.12. The summed E-state index contributed by atoms with van der Waals surface area (Å²) in [6.07, 6.45) is 0. The van der Waals surface area contributed by atoms with Gasteiger partial charge in [-0.2, -0.15) is 0 Å². The van der Waals surface area contributed by atoms with Gasteiger partial charge in [-0.15, -0.1) is 0 Å². The summed E-state index contributed by atoms with van der Waals surface area (Å²) in [5.41, 5.74) is 0. The third-order valence-electron chi connectivity index (χ3n) is 3.24. The van der Waals surface area contributed by atoms with Gasteiger partial charge in [0.25, 0.3) is 0 Å². The molecule has 3 aliphatic rings. The van der Waals surface area contributed by atoms with Gasteiger partial charge in [0, 0.05) is 19.6 Å². The normalized spacial score (nSPS) is 42.8. The van der Waals surface area contributed by atoms with Crippen molar-refractivity contribution in [3.05, 3.63) is 0 Å². The molecule has 0 spiro atoms. The van der Waals surface area contributed by atoms with Crippen LogP contribution in [-0.4, -0.2) is 60.9 Å². The van der Waals surface area contributed by atoms with Crippen molar-refractivity contribution in [2.45, 2.75) is 0 Å². The Morgan fingerprint density at radius 2 is 1.64 bits per heavy atom. The van der Waals surface area contributed by atoms with Crippen LogP contribution in [0.3, 0.4) is 0 Å². The Hall–Kier alpha value is 0.270. The molecule has 1 radical (unpaired) electrons. The van der Waals surface area contributed by atoms with E-state index in [1.54, 1.807) is 0 Å². The second kappa shape index (κ2) is 2.96. The van der Waals surface area contributed by atoms with Crippen LogP contribution < -0.4 is 0 Å². The number of quaternary nitrogens is 1. The molecule has 0 unspecified atom stereocenters. The van der Waals surface area contributed by atoms with Crippen LogP contribution in [0.4, 0.5) is 0 Å². The van der Waals surface area contributed by atoms with Crippen LogP contribution in [-0.2, 0) is 0 Å². The van der Waals surface area contributed by atoms with Crippen molar-refractivity contribution in [2.24, 2.45) is 0 Å². The van der Waals surface area contributed by atoms with Gasteiger partial charge < -0.3 is 4.48 Å². The van der Waals surface area contributed by atoms with Crippen molar-refractivity contribution in [2.75, 3.05) is 51.6 Å². The Bertz CT molecular complexity index is 121. The highest BCUT2D eigenvalue weighted by atomic mass is 32.1. The van der Waals surface area contributed by atoms with Crippen molar-refractivity contribution >= 4 is 12.6 Å². The van der Waals surface area contributed by atoms with Gasteiger partial charge in [0.2, 0.25) is 0 Å². The zero-order valence-electron chi connectivity index (χ0n) is 6.96. The number of nitrogens with zero attached hydrogens (tertiary/aromatic N) is 2. The number of hydrogen-bond donors (Lipinski definition) is 0. The van der Waals surface area contributed by atoms with E-state index in [4.69, 9.17) is 12.6 Å². The Morgan fingerprint density at radius 3 is 2.09 bits per heavy atom. The van der Waals surface area contributed by atoms with Gasteiger partial charge in [0.15, 0.2) is 0 Å². The highest BCUT2D eigenvalue weighted by Gasteiger charge is 2.37. The summed E-state index contributed by atoms with van der Waals surface area (Å²) >= 11 is 5.06. The monoisotopic (exact) mass is 172 g/mol. The lowest BCUT2D eigenvalue weighted by Crippen LogP contribution is -2.67. The summed E-state index contributed by atoms with van der Waals surface area (Å²) in [7, 11) is 0. The van der Waals surface area contributed by atoms with Crippen LogP contribution in [0, 0.1) is 0 Å². The average molecular weight is 172 g/mol. The Balaban J connectivity index is 2.00. The quantitative estimate of drug-likeness (QED) is 0.543. The molecule has 2 bridgehead atoms. The fourth-order valence-electron chi connectivity index (χ4n) is 2.26. The van der Waals surface area contributed by atoms with E-state index < -0.39 is 0 Å². The van der Waals surface area contributed by atoms with Gasteiger partial charge in [-0.1, -0.05) is 12.6 Å². The van der Waals surface area contributed by atoms with Gasteiger partial charge in [-0.05, 0) is 0 Å². The lowest BCUT2D eigenvalue weighted by Gasteiger charge is -2.50. The standard InChI is InChI=1S/C8H16N2S/c11-8-7-10-4-1-9(2-5-10)3-6-10/h1-8H2/q+1. The molecule has 3 rings (SSSR count). The van der Waals surface area contributed by atoms with Crippen molar-refractivity contribution in [1.82, 2.24) is 4.90 Å². The summed E-state index contributed by atoms with van der Waals surface area (Å²) < 4.78 is 1.33. The molecule has 2 nitrogen and oxygen atoms in total. The van der Waals surface area contributed by atoms with E-state index in [-0.39, 0.29) is 0 Å². The first kappa shape index (κ1) is 7.90. The van der Waals surface area contributed by atoms with Crippen molar-refractivity contribution in [3.8, 4) is 0 Å². The van der Waals surface area contributed by atoms with Crippen LogP contribution in [0.1, 0.15) is 0 Å². The number of hydrogen-bond acceptors (Lipinski definition) is 1. The first-order valence-corrected chi connectivity index (χ1v) is 5.08. The van der Waals surface area contributed by atoms with Crippen LogP contribution in [0.2, 0.25) is 0 Å². The molecule has 3 heteroatoms. The predicted octanol–water partition coefficient (Wildman–Crippen LogP) is 0.330. The van der Waals surface area contributed by atoms with Crippen LogP contribution >= 0.6 is 12.6 Å². The largest absolute Gasteiger partial charge is 0.320 e. The summed E-state index contributed by atoms with van der Waals surface area (Å²) in [4.78, 5) is 2.57. The molecule has 0 aromatic rings. The van der Waals surface area contributed by atoms with Gasteiger partial charge in [0.05, 0.1) is 31.9 Å². The fourth-order valence-corrected chi connectivity index (χ4v) is 2.65. The molecule has 3 heterocycles. The van der Waals surface area contributed by atoms with E-state index in [0.29, 0.717) is 0 Å². The van der Waals surface area contributed by atoms with Crippen LogP contribution in [0.5, 0.6) is 0 Å². The van der Waals surface area contributed by atoms with Gasteiger partial charge in [0.1, 0.15) is 0 Å². The zero-order chi connectivity index (χ0) is 7.73. The second-order valence-corrected chi connectivity index (χ2v) is 4.19.